The zero-order chi connectivity index (χ0) is 14.1. The third-order valence-corrected chi connectivity index (χ3v) is 4.60. The molecule has 0 heterocycles. The summed E-state index contributed by atoms with van der Waals surface area (Å²) in [5.74, 6) is 1.41. The fourth-order valence-electron chi connectivity index (χ4n) is 3.62. The van der Waals surface area contributed by atoms with Gasteiger partial charge in [-0.3, -0.25) is 0 Å². The summed E-state index contributed by atoms with van der Waals surface area (Å²) in [5, 5.41) is 0. The maximum Gasteiger partial charge on any atom is 2.00 e. The van der Waals surface area contributed by atoms with Gasteiger partial charge in [-0.15, -0.1) is 0 Å². The Balaban J connectivity index is 0.000000960. The molecule has 0 bridgehead atoms. The Bertz CT molecular complexity index is 723. The zero-order valence-electron chi connectivity index (χ0n) is 13.1. The standard InChI is InChI=1S/C21H18.2ClH.Zr/c1-2-9-17(10-3-1)21(18-11-4-5-12-18)20-15-14-16-8-6-7-13-19(16)20;;;/h1-15,18,20-21H;2*1H;/q;;;+2/p-2. The van der Waals surface area contributed by atoms with Crippen molar-refractivity contribution in [1.82, 2.24) is 0 Å². The molecular weight excluding hydrogens is 414 g/mol. The summed E-state index contributed by atoms with van der Waals surface area (Å²) in [6.07, 6.45) is 13.6. The molecule has 4 rings (SSSR count). The molecule has 0 spiro atoms. The van der Waals surface area contributed by atoms with Crippen LogP contribution in [0.15, 0.2) is 85.0 Å². The first-order valence-corrected chi connectivity index (χ1v) is 7.60. The molecule has 24 heavy (non-hydrogen) atoms. The maximum atomic E-state index is 2.38. The zero-order valence-corrected chi connectivity index (χ0v) is 17.1. The second-order valence-electron chi connectivity index (χ2n) is 5.80. The van der Waals surface area contributed by atoms with Crippen LogP contribution in [0.3, 0.4) is 0 Å². The third kappa shape index (κ3) is 4.02. The number of allylic oxidation sites excluding steroid dienone is 5. The van der Waals surface area contributed by atoms with Crippen LogP contribution in [0.5, 0.6) is 0 Å². The predicted molar refractivity (Wildman–Crippen MR) is 89.2 cm³/mol. The molecule has 2 unspecified atom stereocenters. The molecule has 0 aromatic heterocycles. The summed E-state index contributed by atoms with van der Waals surface area (Å²) < 4.78 is 0. The maximum absolute atomic E-state index is 2.38. The molecule has 0 fully saturated rings. The van der Waals surface area contributed by atoms with Gasteiger partial charge in [0.05, 0.1) is 0 Å². The van der Waals surface area contributed by atoms with Crippen LogP contribution in [-0.4, -0.2) is 0 Å². The van der Waals surface area contributed by atoms with Gasteiger partial charge in [-0.2, -0.15) is 0 Å². The first kappa shape index (κ1) is 21.2. The molecule has 2 aliphatic rings. The number of benzene rings is 2. The van der Waals surface area contributed by atoms with E-state index in [0.29, 0.717) is 17.8 Å². The average Bonchev–Trinajstić information content (AvgIpc) is 3.20. The molecule has 0 N–H and O–H groups in total. The third-order valence-electron chi connectivity index (χ3n) is 4.60. The minimum Gasteiger partial charge on any atom is -1.00 e. The molecular formula is C21H18Cl2Zr. The number of halogens is 2. The fraction of sp³-hybridized carbons (Fsp3) is 0.143. The van der Waals surface area contributed by atoms with Crippen molar-refractivity contribution in [3.8, 4) is 0 Å². The number of hydrogen-bond acceptors (Lipinski definition) is 0. The van der Waals surface area contributed by atoms with Gasteiger partial charge in [0.15, 0.2) is 0 Å². The van der Waals surface area contributed by atoms with Gasteiger partial charge in [-0.1, -0.05) is 91.1 Å². The summed E-state index contributed by atoms with van der Waals surface area (Å²) in [6, 6.07) is 19.7. The monoisotopic (exact) mass is 430 g/mol. The van der Waals surface area contributed by atoms with Gasteiger partial charge in [-0.25, -0.2) is 0 Å². The minimum absolute atomic E-state index is 0. The Kier molecular flexibility index (Phi) is 8.44. The van der Waals surface area contributed by atoms with E-state index in [9.17, 15) is 0 Å². The van der Waals surface area contributed by atoms with E-state index in [1.807, 2.05) is 0 Å². The van der Waals surface area contributed by atoms with Crippen molar-refractivity contribution in [2.45, 2.75) is 11.8 Å². The second-order valence-corrected chi connectivity index (χ2v) is 5.80. The van der Waals surface area contributed by atoms with Crippen molar-refractivity contribution in [2.75, 3.05) is 0 Å². The van der Waals surface area contributed by atoms with E-state index in [0.717, 1.165) is 0 Å². The Morgan fingerprint density at radius 3 is 2.04 bits per heavy atom. The molecule has 120 valence electrons. The van der Waals surface area contributed by atoms with Crippen LogP contribution in [0.2, 0.25) is 0 Å². The van der Waals surface area contributed by atoms with E-state index in [1.54, 1.807) is 0 Å². The molecule has 0 amide bonds. The van der Waals surface area contributed by atoms with Crippen LogP contribution in [0.25, 0.3) is 6.08 Å². The van der Waals surface area contributed by atoms with E-state index in [-0.39, 0.29) is 51.0 Å². The molecule has 0 aliphatic heterocycles. The van der Waals surface area contributed by atoms with E-state index in [2.05, 4.69) is 91.1 Å². The van der Waals surface area contributed by atoms with Crippen molar-refractivity contribution in [3.05, 3.63) is 102 Å². The van der Waals surface area contributed by atoms with Gasteiger partial charge in [0.1, 0.15) is 0 Å². The molecule has 3 heteroatoms. The van der Waals surface area contributed by atoms with Crippen molar-refractivity contribution in [2.24, 2.45) is 5.92 Å². The van der Waals surface area contributed by atoms with Gasteiger partial charge in [0, 0.05) is 17.8 Å². The molecule has 0 saturated heterocycles. The quantitative estimate of drug-likeness (QED) is 0.604. The molecule has 2 atom stereocenters. The van der Waals surface area contributed by atoms with E-state index >= 15 is 0 Å². The Morgan fingerprint density at radius 2 is 1.33 bits per heavy atom. The smallest absolute Gasteiger partial charge is 1.00 e. The molecule has 2 aromatic carbocycles. The molecule has 0 saturated carbocycles. The van der Waals surface area contributed by atoms with Gasteiger partial charge in [0.25, 0.3) is 0 Å². The summed E-state index contributed by atoms with van der Waals surface area (Å²) in [4.78, 5) is 0. The fourth-order valence-corrected chi connectivity index (χ4v) is 3.62. The normalized spacial score (nSPS) is 18.2. The van der Waals surface area contributed by atoms with E-state index < -0.39 is 0 Å². The molecule has 2 aromatic rings. The van der Waals surface area contributed by atoms with Gasteiger partial charge in [-0.05, 0) is 16.7 Å². The number of hydrogen-bond donors (Lipinski definition) is 0. The average molecular weight is 433 g/mol. The van der Waals surface area contributed by atoms with Crippen molar-refractivity contribution >= 4 is 6.08 Å². The van der Waals surface area contributed by atoms with Crippen LogP contribution < -0.4 is 24.8 Å². The summed E-state index contributed by atoms with van der Waals surface area (Å²) in [6.45, 7) is 0. The van der Waals surface area contributed by atoms with Crippen LogP contribution in [0.4, 0.5) is 0 Å². The van der Waals surface area contributed by atoms with Gasteiger partial charge < -0.3 is 24.8 Å². The van der Waals surface area contributed by atoms with Crippen LogP contribution >= 0.6 is 0 Å². The summed E-state index contributed by atoms with van der Waals surface area (Å²) in [7, 11) is 0. The van der Waals surface area contributed by atoms with Crippen LogP contribution in [0.1, 0.15) is 28.5 Å². The van der Waals surface area contributed by atoms with Gasteiger partial charge >= 0.3 is 26.2 Å². The summed E-state index contributed by atoms with van der Waals surface area (Å²) in [5.41, 5.74) is 4.25. The molecule has 2 aliphatic carbocycles. The van der Waals surface area contributed by atoms with Crippen molar-refractivity contribution in [3.63, 3.8) is 0 Å². The van der Waals surface area contributed by atoms with Gasteiger partial charge in [0.2, 0.25) is 0 Å². The second kappa shape index (κ2) is 9.57. The van der Waals surface area contributed by atoms with E-state index in [1.165, 1.54) is 16.7 Å². The topological polar surface area (TPSA) is 0 Å². The van der Waals surface area contributed by atoms with Crippen LogP contribution in [-0.2, 0) is 26.2 Å². The first-order valence-electron chi connectivity index (χ1n) is 7.60. The Hall–Kier alpha value is -0.877. The number of fused-ring (bicyclic) bond motifs is 1. The van der Waals surface area contributed by atoms with Crippen molar-refractivity contribution < 1.29 is 51.0 Å². The van der Waals surface area contributed by atoms with Crippen LogP contribution in [0, 0.1) is 5.92 Å². The van der Waals surface area contributed by atoms with E-state index in [4.69, 9.17) is 0 Å². The largest absolute Gasteiger partial charge is 2.00 e. The first-order chi connectivity index (χ1) is 10.4. The molecule has 0 nitrogen and oxygen atoms in total. The Labute approximate surface area is 175 Å². The Morgan fingerprint density at radius 1 is 0.708 bits per heavy atom. The van der Waals surface area contributed by atoms with Crippen molar-refractivity contribution in [1.29, 1.82) is 0 Å². The predicted octanol–water partition coefficient (Wildman–Crippen LogP) is -0.671. The minimum atomic E-state index is 0. The number of rotatable bonds is 3. The molecule has 0 radical (unpaired) electrons. The summed E-state index contributed by atoms with van der Waals surface area (Å²) >= 11 is 0. The SMILES string of the molecule is C1=CC(C(c2ccccc2)C2C=Cc3ccccc32)C=C1.[Cl-].[Cl-].[Zr+2].